The molecule has 40 heavy (non-hydrogen) atoms. The van der Waals surface area contributed by atoms with Gasteiger partial charge < -0.3 is 49.2 Å². The van der Waals surface area contributed by atoms with E-state index in [-0.39, 0.29) is 29.9 Å². The lowest BCUT2D eigenvalue weighted by Gasteiger charge is -2.45. The van der Waals surface area contributed by atoms with Crippen LogP contribution in [0.1, 0.15) is 38.2 Å². The number of benzene rings is 1. The van der Waals surface area contributed by atoms with Crippen molar-refractivity contribution in [2.45, 2.75) is 81.5 Å². The van der Waals surface area contributed by atoms with Crippen LogP contribution in [0.5, 0.6) is 5.75 Å². The van der Waals surface area contributed by atoms with Gasteiger partial charge in [-0.05, 0) is 55.5 Å². The highest BCUT2D eigenvalue weighted by atomic mass is 16.8. The zero-order chi connectivity index (χ0) is 29.2. The molecule has 12 heteroatoms. The summed E-state index contributed by atoms with van der Waals surface area (Å²) >= 11 is 0. The van der Waals surface area contributed by atoms with Crippen LogP contribution in [0.3, 0.4) is 0 Å². The molecule has 1 aliphatic carbocycles. The number of aliphatic hydroxyl groups is 4. The zero-order valence-electron chi connectivity index (χ0n) is 22.5. The molecule has 0 spiro atoms. The number of phenolic OH excluding ortho intramolecular Hbond substituents is 1. The third-order valence-corrected chi connectivity index (χ3v) is 7.64. The monoisotopic (exact) mass is 564 g/mol. The van der Waals surface area contributed by atoms with Crippen molar-refractivity contribution >= 4 is 17.8 Å². The molecular formula is C28H36O12. The Bertz CT molecular complexity index is 1130. The lowest BCUT2D eigenvalue weighted by Crippen LogP contribution is -2.60. The van der Waals surface area contributed by atoms with E-state index in [0.717, 1.165) is 0 Å². The van der Waals surface area contributed by atoms with Crippen molar-refractivity contribution in [3.8, 4) is 5.75 Å². The zero-order valence-corrected chi connectivity index (χ0v) is 22.5. The Morgan fingerprint density at radius 2 is 1.75 bits per heavy atom. The fourth-order valence-electron chi connectivity index (χ4n) is 5.42. The number of ether oxygens (including phenoxy) is 5. The summed E-state index contributed by atoms with van der Waals surface area (Å²) < 4.78 is 27.8. The van der Waals surface area contributed by atoms with Crippen LogP contribution >= 0.6 is 0 Å². The molecule has 0 amide bonds. The van der Waals surface area contributed by atoms with Crippen LogP contribution in [-0.4, -0.2) is 100 Å². The molecule has 220 valence electrons. The Balaban J connectivity index is 1.47. The summed E-state index contributed by atoms with van der Waals surface area (Å²) in [4.78, 5) is 24.9. The van der Waals surface area contributed by atoms with Crippen LogP contribution in [0.25, 0.3) is 6.08 Å². The maximum Gasteiger partial charge on any atom is 0.338 e. The van der Waals surface area contributed by atoms with E-state index in [2.05, 4.69) is 0 Å². The minimum atomic E-state index is -1.68. The second-order valence-corrected chi connectivity index (χ2v) is 10.4. The van der Waals surface area contributed by atoms with Crippen molar-refractivity contribution in [3.63, 3.8) is 0 Å². The second kappa shape index (κ2) is 12.5. The van der Waals surface area contributed by atoms with Crippen LogP contribution in [0.15, 0.2) is 41.5 Å². The number of methoxy groups -OCH3 is 2. The Labute approximate surface area is 231 Å². The number of carbonyl (C=O) groups is 2. The summed E-state index contributed by atoms with van der Waals surface area (Å²) in [7, 11) is 2.55. The van der Waals surface area contributed by atoms with Gasteiger partial charge in [0.2, 0.25) is 0 Å². The highest BCUT2D eigenvalue weighted by Gasteiger charge is 2.55. The molecule has 2 fully saturated rings. The molecule has 1 saturated heterocycles. The molecule has 1 aromatic rings. The summed E-state index contributed by atoms with van der Waals surface area (Å²) in [6, 6.07) is 6.28. The van der Waals surface area contributed by atoms with Gasteiger partial charge >= 0.3 is 5.97 Å². The number of hydrogen-bond donors (Lipinski definition) is 5. The van der Waals surface area contributed by atoms with Crippen LogP contribution in [-0.2, 0) is 33.3 Å². The number of ketones is 1. The van der Waals surface area contributed by atoms with Gasteiger partial charge in [-0.15, -0.1) is 0 Å². The van der Waals surface area contributed by atoms with Crippen molar-refractivity contribution in [1.82, 2.24) is 0 Å². The quantitative estimate of drug-likeness (QED) is 0.208. The largest absolute Gasteiger partial charge is 0.508 e. The number of esters is 1. The van der Waals surface area contributed by atoms with E-state index in [1.165, 1.54) is 32.4 Å². The first-order valence-corrected chi connectivity index (χ1v) is 13.0. The molecule has 0 aromatic heterocycles. The van der Waals surface area contributed by atoms with Crippen molar-refractivity contribution in [1.29, 1.82) is 0 Å². The van der Waals surface area contributed by atoms with Crippen LogP contribution in [0.4, 0.5) is 0 Å². The standard InChI is InChI=1S/C28H36O12/c1-28(35)13-12-17-19(24(34)36-2)25(37-3)39-26(20(17)28)40-27-23(33)22(32)21(31)18(38-27)11-10-16(30)9-6-14-4-7-15(29)8-5-14/h4-9,18,20-23,25-27,29,31-33,35H,10-13H2,1-3H3/b9-6-/t18-,20+,21+,22-,23-,25-,26-,27-,28+/m1/s1. The van der Waals surface area contributed by atoms with Crippen molar-refractivity contribution < 1.29 is 58.8 Å². The molecule has 1 saturated carbocycles. The number of rotatable bonds is 9. The fraction of sp³-hybridized carbons (Fsp3) is 0.571. The van der Waals surface area contributed by atoms with Gasteiger partial charge in [0.05, 0.1) is 30.3 Å². The van der Waals surface area contributed by atoms with Gasteiger partial charge in [-0.25, -0.2) is 4.79 Å². The molecule has 2 aliphatic heterocycles. The second-order valence-electron chi connectivity index (χ2n) is 10.4. The number of carbonyl (C=O) groups excluding carboxylic acids is 2. The third kappa shape index (κ3) is 6.29. The topological polar surface area (TPSA) is 181 Å². The van der Waals surface area contributed by atoms with E-state index in [1.807, 2.05) is 0 Å². The van der Waals surface area contributed by atoms with E-state index in [1.54, 1.807) is 25.1 Å². The highest BCUT2D eigenvalue weighted by Crippen LogP contribution is 2.49. The van der Waals surface area contributed by atoms with Crippen LogP contribution in [0, 0.1) is 5.92 Å². The van der Waals surface area contributed by atoms with E-state index in [9.17, 15) is 35.1 Å². The first-order valence-electron chi connectivity index (χ1n) is 13.0. The van der Waals surface area contributed by atoms with Gasteiger partial charge in [0.15, 0.2) is 24.7 Å². The predicted molar refractivity (Wildman–Crippen MR) is 137 cm³/mol. The molecule has 5 N–H and O–H groups in total. The normalized spacial score (nSPS) is 36.1. The van der Waals surface area contributed by atoms with E-state index >= 15 is 0 Å². The molecule has 2 heterocycles. The van der Waals surface area contributed by atoms with Crippen molar-refractivity contribution in [3.05, 3.63) is 47.1 Å². The number of phenols is 1. The van der Waals surface area contributed by atoms with Gasteiger partial charge in [0, 0.05) is 13.5 Å². The Kier molecular flexibility index (Phi) is 9.43. The minimum absolute atomic E-state index is 0.00850. The van der Waals surface area contributed by atoms with Gasteiger partial charge in [-0.1, -0.05) is 18.2 Å². The summed E-state index contributed by atoms with van der Waals surface area (Å²) in [5, 5.41) is 52.1. The summed E-state index contributed by atoms with van der Waals surface area (Å²) in [5.41, 5.74) is 0.0321. The van der Waals surface area contributed by atoms with Crippen LogP contribution < -0.4 is 0 Å². The fourth-order valence-corrected chi connectivity index (χ4v) is 5.42. The van der Waals surface area contributed by atoms with E-state index in [4.69, 9.17) is 23.7 Å². The number of aromatic hydroxyl groups is 1. The summed E-state index contributed by atoms with van der Waals surface area (Å²) in [6.07, 6.45) is -6.27. The molecule has 4 rings (SSSR count). The minimum Gasteiger partial charge on any atom is -0.508 e. The number of hydrogen-bond acceptors (Lipinski definition) is 12. The van der Waals surface area contributed by atoms with E-state index < -0.39 is 60.8 Å². The SMILES string of the molecule is COC(=O)C1=C2CC[C@](C)(O)[C@@H]2[C@@H](O[C@H]2O[C@H](CCC(=O)/C=C\c3ccc(O)cc3)[C@H](O)[C@@H](O)[C@H]2O)O[C@H]1OC. The molecule has 1 aromatic carbocycles. The third-order valence-electron chi connectivity index (χ3n) is 7.64. The van der Waals surface area contributed by atoms with Crippen molar-refractivity contribution in [2.75, 3.05) is 14.2 Å². The molecule has 0 unspecified atom stereocenters. The Hall–Kier alpha value is -2.68. The van der Waals surface area contributed by atoms with E-state index in [0.29, 0.717) is 24.0 Å². The Morgan fingerprint density at radius 3 is 2.40 bits per heavy atom. The van der Waals surface area contributed by atoms with Gasteiger partial charge in [-0.2, -0.15) is 0 Å². The maximum atomic E-state index is 12.5. The number of fused-ring (bicyclic) bond motifs is 1. The molecule has 0 radical (unpaired) electrons. The first kappa shape index (κ1) is 30.3. The number of allylic oxidation sites excluding steroid dienone is 1. The van der Waals surface area contributed by atoms with Crippen LogP contribution in [0.2, 0.25) is 0 Å². The number of aliphatic hydroxyl groups excluding tert-OH is 3. The molecular weight excluding hydrogens is 528 g/mol. The summed E-state index contributed by atoms with van der Waals surface area (Å²) in [5.74, 6) is -1.67. The first-order chi connectivity index (χ1) is 19.0. The van der Waals surface area contributed by atoms with Gasteiger partial charge in [-0.3, -0.25) is 4.79 Å². The Morgan fingerprint density at radius 1 is 1.05 bits per heavy atom. The lowest BCUT2D eigenvalue weighted by molar-refractivity contribution is -0.361. The average molecular weight is 565 g/mol. The lowest BCUT2D eigenvalue weighted by atomic mass is 9.85. The smallest absolute Gasteiger partial charge is 0.338 e. The highest BCUT2D eigenvalue weighted by molar-refractivity contribution is 5.93. The molecule has 0 bridgehead atoms. The summed E-state index contributed by atoms with van der Waals surface area (Å²) in [6.45, 7) is 1.57. The van der Waals surface area contributed by atoms with Gasteiger partial charge in [0.25, 0.3) is 0 Å². The average Bonchev–Trinajstić information content (AvgIpc) is 3.26. The molecule has 9 atom stereocenters. The molecule has 12 nitrogen and oxygen atoms in total. The molecule has 3 aliphatic rings. The predicted octanol–water partition coefficient (Wildman–Crippen LogP) is 0.538. The van der Waals surface area contributed by atoms with Gasteiger partial charge in [0.1, 0.15) is 24.1 Å². The van der Waals surface area contributed by atoms with Crippen molar-refractivity contribution in [2.24, 2.45) is 5.92 Å². The maximum absolute atomic E-state index is 12.5.